The van der Waals surface area contributed by atoms with Gasteiger partial charge < -0.3 is 10.0 Å². The van der Waals surface area contributed by atoms with Gasteiger partial charge in [0.25, 0.3) is 5.91 Å². The van der Waals surface area contributed by atoms with Crippen molar-refractivity contribution in [1.82, 2.24) is 0 Å². The average molecular weight is 379 g/mol. The van der Waals surface area contributed by atoms with Crippen LogP contribution in [0.25, 0.3) is 0 Å². The molecule has 2 fully saturated rings. The monoisotopic (exact) mass is 379 g/mol. The van der Waals surface area contributed by atoms with Crippen LogP contribution in [0.3, 0.4) is 0 Å². The first kappa shape index (κ1) is 18.5. The molecule has 0 bridgehead atoms. The number of aliphatic hydroxyl groups excluding tert-OH is 1. The van der Waals surface area contributed by atoms with E-state index in [4.69, 9.17) is 0 Å². The predicted molar refractivity (Wildman–Crippen MR) is 104 cm³/mol. The molecular formula is C21H23N4O3+. The maximum atomic E-state index is 12.9. The number of nitrogens with one attached hydrogen (secondary N) is 1. The maximum Gasteiger partial charge on any atom is 0.292 e. The molecule has 3 atom stereocenters. The molecule has 2 amide bonds. The SMILES string of the molecule is O=C1C[C@@H]([NH+]2CCC[C@H](O)C2)C(=O)N1c1ccc(N=Nc2ccccc2)cc1. The Balaban J connectivity index is 1.47. The van der Waals surface area contributed by atoms with Crippen LogP contribution in [-0.4, -0.2) is 42.2 Å². The molecule has 0 aliphatic carbocycles. The van der Waals surface area contributed by atoms with Crippen LogP contribution >= 0.6 is 0 Å². The molecule has 4 rings (SSSR count). The third-order valence-corrected chi connectivity index (χ3v) is 5.32. The quantitative estimate of drug-likeness (QED) is 0.627. The third kappa shape index (κ3) is 3.85. The summed E-state index contributed by atoms with van der Waals surface area (Å²) in [6, 6.07) is 15.9. The molecule has 2 aromatic carbocycles. The molecular weight excluding hydrogens is 356 g/mol. The number of carbonyl (C=O) groups is 2. The van der Waals surface area contributed by atoms with E-state index in [1.54, 1.807) is 24.3 Å². The number of quaternary nitrogens is 1. The van der Waals surface area contributed by atoms with E-state index in [2.05, 4.69) is 10.2 Å². The van der Waals surface area contributed by atoms with Crippen LogP contribution in [0.4, 0.5) is 17.1 Å². The van der Waals surface area contributed by atoms with E-state index in [0.717, 1.165) is 30.0 Å². The summed E-state index contributed by atoms with van der Waals surface area (Å²) in [5.74, 6) is -0.381. The van der Waals surface area contributed by atoms with Crippen molar-refractivity contribution in [2.75, 3.05) is 18.0 Å². The highest BCUT2D eigenvalue weighted by Gasteiger charge is 2.46. The number of carbonyl (C=O) groups excluding carboxylic acids is 2. The molecule has 2 saturated heterocycles. The highest BCUT2D eigenvalue weighted by molar-refractivity contribution is 6.21. The summed E-state index contributed by atoms with van der Waals surface area (Å²) in [5, 5.41) is 18.2. The molecule has 2 heterocycles. The Hall–Kier alpha value is -2.90. The van der Waals surface area contributed by atoms with Crippen LogP contribution in [0.15, 0.2) is 64.8 Å². The fraction of sp³-hybridized carbons (Fsp3) is 0.333. The number of imide groups is 1. The molecule has 2 aliphatic rings. The second kappa shape index (κ2) is 8.00. The molecule has 2 N–H and O–H groups in total. The second-order valence-corrected chi connectivity index (χ2v) is 7.28. The first-order valence-electron chi connectivity index (χ1n) is 9.58. The van der Waals surface area contributed by atoms with Crippen LogP contribution in [0.1, 0.15) is 19.3 Å². The van der Waals surface area contributed by atoms with E-state index in [1.807, 2.05) is 30.3 Å². The Morgan fingerprint density at radius 3 is 2.32 bits per heavy atom. The van der Waals surface area contributed by atoms with Gasteiger partial charge in [0.2, 0.25) is 5.91 Å². The standard InChI is InChI=1S/C21H22N4O3/c26-18-7-4-12-24(14-18)19-13-20(27)25(21(19)28)17-10-8-16(9-11-17)23-22-15-5-2-1-3-6-15/h1-3,5-6,8-11,18-19,26H,4,7,12-14H2/p+1/t18-,19+/m0/s1. The van der Waals surface area contributed by atoms with Gasteiger partial charge in [0.15, 0.2) is 6.04 Å². The summed E-state index contributed by atoms with van der Waals surface area (Å²) in [6.07, 6.45) is 1.43. The lowest BCUT2D eigenvalue weighted by molar-refractivity contribution is -0.922. The van der Waals surface area contributed by atoms with Crippen molar-refractivity contribution in [2.45, 2.75) is 31.4 Å². The summed E-state index contributed by atoms with van der Waals surface area (Å²) < 4.78 is 0. The zero-order valence-electron chi connectivity index (χ0n) is 15.5. The average Bonchev–Trinajstić information content (AvgIpc) is 3.02. The van der Waals surface area contributed by atoms with E-state index in [1.165, 1.54) is 4.90 Å². The first-order valence-corrected chi connectivity index (χ1v) is 9.58. The van der Waals surface area contributed by atoms with Crippen molar-refractivity contribution in [3.63, 3.8) is 0 Å². The van der Waals surface area contributed by atoms with Crippen LogP contribution in [0.2, 0.25) is 0 Å². The minimum absolute atomic E-state index is 0.187. The van der Waals surface area contributed by atoms with Crippen LogP contribution in [-0.2, 0) is 9.59 Å². The Bertz CT molecular complexity index is 882. The number of rotatable bonds is 4. The van der Waals surface area contributed by atoms with Gasteiger partial charge in [-0.2, -0.15) is 10.2 Å². The van der Waals surface area contributed by atoms with Crippen LogP contribution in [0, 0.1) is 0 Å². The van der Waals surface area contributed by atoms with Gasteiger partial charge in [0, 0.05) is 0 Å². The van der Waals surface area contributed by atoms with Gasteiger partial charge in [0.1, 0.15) is 12.6 Å². The number of piperidine rings is 1. The zero-order valence-corrected chi connectivity index (χ0v) is 15.5. The number of likely N-dealkylation sites (tertiary alicyclic amines) is 1. The third-order valence-electron chi connectivity index (χ3n) is 5.32. The summed E-state index contributed by atoms with van der Waals surface area (Å²) >= 11 is 0. The lowest BCUT2D eigenvalue weighted by atomic mass is 10.1. The maximum absolute atomic E-state index is 12.9. The summed E-state index contributed by atoms with van der Waals surface area (Å²) in [5.41, 5.74) is 1.95. The molecule has 2 aromatic rings. The summed E-state index contributed by atoms with van der Waals surface area (Å²) in [6.45, 7) is 1.34. The largest absolute Gasteiger partial charge is 0.387 e. The van der Waals surface area contributed by atoms with Gasteiger partial charge in [-0.15, -0.1) is 0 Å². The van der Waals surface area contributed by atoms with Crippen molar-refractivity contribution in [2.24, 2.45) is 10.2 Å². The summed E-state index contributed by atoms with van der Waals surface area (Å²) in [7, 11) is 0. The Morgan fingerprint density at radius 1 is 0.964 bits per heavy atom. The predicted octanol–water partition coefficient (Wildman–Crippen LogP) is 1.77. The number of anilines is 1. The number of hydrogen-bond donors (Lipinski definition) is 2. The van der Waals surface area contributed by atoms with Crippen molar-refractivity contribution in [3.8, 4) is 0 Å². The minimum atomic E-state index is -0.403. The Morgan fingerprint density at radius 2 is 1.64 bits per heavy atom. The van der Waals surface area contributed by atoms with Gasteiger partial charge in [-0.3, -0.25) is 9.59 Å². The molecule has 7 nitrogen and oxygen atoms in total. The Labute approximate surface area is 163 Å². The number of azo groups is 1. The number of hydrogen-bond acceptors (Lipinski definition) is 5. The van der Waals surface area contributed by atoms with Crippen molar-refractivity contribution in [3.05, 3.63) is 54.6 Å². The molecule has 0 radical (unpaired) electrons. The molecule has 28 heavy (non-hydrogen) atoms. The Kier molecular flexibility index (Phi) is 5.27. The lowest BCUT2D eigenvalue weighted by Crippen LogP contribution is -3.18. The number of nitrogens with zero attached hydrogens (tertiary/aromatic N) is 3. The molecule has 7 heteroatoms. The molecule has 0 spiro atoms. The van der Waals surface area contributed by atoms with Crippen LogP contribution in [0.5, 0.6) is 0 Å². The molecule has 2 aliphatic heterocycles. The first-order chi connectivity index (χ1) is 13.6. The van der Waals surface area contributed by atoms with E-state index >= 15 is 0 Å². The fourth-order valence-electron chi connectivity index (χ4n) is 3.89. The number of amides is 2. The van der Waals surface area contributed by atoms with Gasteiger partial charge in [-0.05, 0) is 49.2 Å². The normalized spacial score (nSPS) is 25.6. The van der Waals surface area contributed by atoms with E-state index in [9.17, 15) is 14.7 Å². The topological polar surface area (TPSA) is 86.8 Å². The highest BCUT2D eigenvalue weighted by atomic mass is 16.3. The van der Waals surface area contributed by atoms with E-state index in [0.29, 0.717) is 17.9 Å². The minimum Gasteiger partial charge on any atom is -0.387 e. The van der Waals surface area contributed by atoms with Crippen molar-refractivity contribution < 1.29 is 19.6 Å². The fourth-order valence-corrected chi connectivity index (χ4v) is 3.89. The van der Waals surface area contributed by atoms with Gasteiger partial charge in [0.05, 0.1) is 30.0 Å². The lowest BCUT2D eigenvalue weighted by Gasteiger charge is -2.30. The zero-order chi connectivity index (χ0) is 19.5. The molecule has 144 valence electrons. The van der Waals surface area contributed by atoms with Gasteiger partial charge in [-0.25, -0.2) is 4.90 Å². The van der Waals surface area contributed by atoms with Crippen LogP contribution < -0.4 is 9.80 Å². The molecule has 0 saturated carbocycles. The van der Waals surface area contributed by atoms with Crippen molar-refractivity contribution >= 4 is 28.9 Å². The molecule has 1 unspecified atom stereocenters. The number of aliphatic hydroxyl groups is 1. The van der Waals surface area contributed by atoms with E-state index in [-0.39, 0.29) is 18.2 Å². The van der Waals surface area contributed by atoms with Gasteiger partial charge >= 0.3 is 0 Å². The van der Waals surface area contributed by atoms with E-state index < -0.39 is 12.1 Å². The summed E-state index contributed by atoms with van der Waals surface area (Å²) in [4.78, 5) is 27.6. The van der Waals surface area contributed by atoms with Gasteiger partial charge in [-0.1, -0.05) is 18.2 Å². The second-order valence-electron chi connectivity index (χ2n) is 7.28. The highest BCUT2D eigenvalue weighted by Crippen LogP contribution is 2.26. The van der Waals surface area contributed by atoms with Crippen molar-refractivity contribution in [1.29, 1.82) is 0 Å². The smallest absolute Gasteiger partial charge is 0.292 e. The molecule has 0 aromatic heterocycles. The number of benzene rings is 2.